The van der Waals surface area contributed by atoms with E-state index in [0.717, 1.165) is 0 Å². The molecule has 6 nitrogen and oxygen atoms in total. The molecule has 8 heteroatoms. The second-order valence-corrected chi connectivity index (χ2v) is 7.13. The van der Waals surface area contributed by atoms with Crippen molar-refractivity contribution in [3.63, 3.8) is 0 Å². The zero-order valence-corrected chi connectivity index (χ0v) is 18.2. The minimum Gasteiger partial charge on any atom is -0.492 e. The number of rotatable bonds is 8. The van der Waals surface area contributed by atoms with Gasteiger partial charge in [-0.15, -0.1) is 0 Å². The maximum Gasteiger partial charge on any atom is 0.262 e. The third-order valence-corrected chi connectivity index (χ3v) is 4.97. The molecule has 0 aromatic heterocycles. The molecule has 0 fully saturated rings. The van der Waals surface area contributed by atoms with Crippen molar-refractivity contribution in [3.05, 3.63) is 82.3 Å². The summed E-state index contributed by atoms with van der Waals surface area (Å²) in [6.45, 7) is 2.15. The summed E-state index contributed by atoms with van der Waals surface area (Å²) in [5, 5.41) is 6.07. The van der Waals surface area contributed by atoms with Crippen molar-refractivity contribution in [2.45, 2.75) is 6.92 Å². The van der Waals surface area contributed by atoms with E-state index in [-0.39, 0.29) is 17.5 Å². The van der Waals surface area contributed by atoms with Crippen molar-refractivity contribution in [1.29, 1.82) is 0 Å². The molecule has 0 aliphatic heterocycles. The molecule has 0 saturated carbocycles. The number of ether oxygens (including phenoxy) is 2. The number of hydrogen-bond acceptors (Lipinski definition) is 4. The summed E-state index contributed by atoms with van der Waals surface area (Å²) >= 11 is 12.0. The van der Waals surface area contributed by atoms with E-state index in [2.05, 4.69) is 10.6 Å². The van der Waals surface area contributed by atoms with Crippen molar-refractivity contribution in [2.24, 2.45) is 0 Å². The fraction of sp³-hybridized carbons (Fsp3) is 0.130. The second-order valence-electron chi connectivity index (χ2n) is 6.35. The van der Waals surface area contributed by atoms with Crippen molar-refractivity contribution in [1.82, 2.24) is 0 Å². The van der Waals surface area contributed by atoms with Gasteiger partial charge in [0.15, 0.2) is 6.61 Å². The fourth-order valence-corrected chi connectivity index (χ4v) is 3.03. The van der Waals surface area contributed by atoms with Crippen LogP contribution in [0.4, 0.5) is 11.4 Å². The third-order valence-electron chi connectivity index (χ3n) is 4.15. The van der Waals surface area contributed by atoms with Crippen molar-refractivity contribution in [3.8, 4) is 11.5 Å². The monoisotopic (exact) mass is 458 g/mol. The molecule has 0 atom stereocenters. The van der Waals surface area contributed by atoms with Gasteiger partial charge in [0.2, 0.25) is 0 Å². The van der Waals surface area contributed by atoms with Crippen LogP contribution in [0.1, 0.15) is 17.3 Å². The Labute approximate surface area is 190 Å². The van der Waals surface area contributed by atoms with Crippen molar-refractivity contribution >= 4 is 46.4 Å². The number of amides is 2. The van der Waals surface area contributed by atoms with Crippen LogP contribution in [0.15, 0.2) is 66.7 Å². The van der Waals surface area contributed by atoms with E-state index in [9.17, 15) is 9.59 Å². The van der Waals surface area contributed by atoms with Gasteiger partial charge in [0, 0.05) is 5.56 Å². The van der Waals surface area contributed by atoms with Gasteiger partial charge in [-0.05, 0) is 55.5 Å². The highest BCUT2D eigenvalue weighted by Crippen LogP contribution is 2.29. The Balaban J connectivity index is 1.56. The van der Waals surface area contributed by atoms with Crippen LogP contribution in [0.3, 0.4) is 0 Å². The van der Waals surface area contributed by atoms with E-state index in [1.54, 1.807) is 54.6 Å². The predicted octanol–water partition coefficient (Wildman–Crippen LogP) is 5.66. The second kappa shape index (κ2) is 10.7. The van der Waals surface area contributed by atoms with E-state index in [1.807, 2.05) is 19.1 Å². The molecule has 2 N–H and O–H groups in total. The summed E-state index contributed by atoms with van der Waals surface area (Å²) in [5.74, 6) is 0.369. The molecule has 0 heterocycles. The van der Waals surface area contributed by atoms with Crippen molar-refractivity contribution < 1.29 is 19.1 Å². The standard InChI is InChI=1S/C23H20Cl2N2O4/c1-2-30-20-9-4-3-7-18(20)27-23(29)15-10-12-16(13-11-15)31-14-21(28)26-19-8-5-6-17(24)22(19)25/h3-13H,2,14H2,1H3,(H,26,28)(H,27,29). The number of anilines is 2. The lowest BCUT2D eigenvalue weighted by atomic mass is 10.2. The molecule has 160 valence electrons. The van der Waals surface area contributed by atoms with Gasteiger partial charge < -0.3 is 20.1 Å². The average Bonchev–Trinajstić information content (AvgIpc) is 2.77. The first-order valence-corrected chi connectivity index (χ1v) is 10.2. The first-order chi connectivity index (χ1) is 15.0. The van der Waals surface area contributed by atoms with E-state index >= 15 is 0 Å². The quantitative estimate of drug-likeness (QED) is 0.456. The lowest BCUT2D eigenvalue weighted by molar-refractivity contribution is -0.118. The number of para-hydroxylation sites is 2. The number of carbonyl (C=O) groups is 2. The molecule has 0 aliphatic carbocycles. The number of nitrogens with one attached hydrogen (secondary N) is 2. The summed E-state index contributed by atoms with van der Waals surface area (Å²) in [6.07, 6.45) is 0. The lowest BCUT2D eigenvalue weighted by Gasteiger charge is -2.12. The van der Waals surface area contributed by atoms with Crippen molar-refractivity contribution in [2.75, 3.05) is 23.8 Å². The van der Waals surface area contributed by atoms with Crippen LogP contribution in [-0.2, 0) is 4.79 Å². The molecule has 0 bridgehead atoms. The van der Waals surface area contributed by atoms with E-state index in [4.69, 9.17) is 32.7 Å². The van der Waals surface area contributed by atoms with Crippen LogP contribution in [0.25, 0.3) is 0 Å². The summed E-state index contributed by atoms with van der Waals surface area (Å²) in [5.41, 5.74) is 1.43. The minimum absolute atomic E-state index is 0.226. The molecule has 3 aromatic rings. The number of benzene rings is 3. The van der Waals surface area contributed by atoms with Gasteiger partial charge in [-0.1, -0.05) is 41.4 Å². The topological polar surface area (TPSA) is 76.7 Å². The van der Waals surface area contributed by atoms with E-state index < -0.39 is 5.91 Å². The summed E-state index contributed by atoms with van der Waals surface area (Å²) in [7, 11) is 0. The van der Waals surface area contributed by atoms with Gasteiger partial charge >= 0.3 is 0 Å². The summed E-state index contributed by atoms with van der Waals surface area (Å²) in [4.78, 5) is 24.6. The number of hydrogen-bond donors (Lipinski definition) is 2. The van der Waals surface area contributed by atoms with E-state index in [1.165, 1.54) is 0 Å². The van der Waals surface area contributed by atoms with Gasteiger partial charge in [-0.2, -0.15) is 0 Å². The summed E-state index contributed by atoms with van der Waals surface area (Å²) < 4.78 is 11.0. The first-order valence-electron chi connectivity index (χ1n) is 9.48. The predicted molar refractivity (Wildman–Crippen MR) is 123 cm³/mol. The Morgan fingerprint density at radius 3 is 2.29 bits per heavy atom. The maximum atomic E-state index is 12.5. The molecule has 0 aliphatic rings. The van der Waals surface area contributed by atoms with Gasteiger partial charge in [0.1, 0.15) is 11.5 Å². The van der Waals surface area contributed by atoms with Crippen LogP contribution in [0.5, 0.6) is 11.5 Å². The molecule has 0 saturated heterocycles. The average molecular weight is 459 g/mol. The van der Waals surface area contributed by atoms with Gasteiger partial charge in [-0.3, -0.25) is 9.59 Å². The van der Waals surface area contributed by atoms with Gasteiger partial charge in [0.25, 0.3) is 11.8 Å². The minimum atomic E-state index is -0.390. The molecule has 0 spiro atoms. The maximum absolute atomic E-state index is 12.5. The lowest BCUT2D eigenvalue weighted by Crippen LogP contribution is -2.20. The third kappa shape index (κ3) is 6.13. The Bertz CT molecular complexity index is 1070. The zero-order chi connectivity index (χ0) is 22.2. The number of carbonyl (C=O) groups excluding carboxylic acids is 2. The Hall–Kier alpha value is -3.22. The smallest absolute Gasteiger partial charge is 0.262 e. The van der Waals surface area contributed by atoms with Gasteiger partial charge in [0.05, 0.1) is 28.0 Å². The van der Waals surface area contributed by atoms with E-state index in [0.29, 0.717) is 40.1 Å². The Morgan fingerprint density at radius 1 is 0.839 bits per heavy atom. The molecule has 31 heavy (non-hydrogen) atoms. The zero-order valence-electron chi connectivity index (χ0n) is 16.7. The molecule has 0 radical (unpaired) electrons. The molecule has 3 aromatic carbocycles. The normalized spacial score (nSPS) is 10.3. The highest BCUT2D eigenvalue weighted by atomic mass is 35.5. The fourth-order valence-electron chi connectivity index (χ4n) is 2.68. The highest BCUT2D eigenvalue weighted by molar-refractivity contribution is 6.44. The molecular weight excluding hydrogens is 439 g/mol. The molecule has 0 unspecified atom stereocenters. The molecular formula is C23H20Cl2N2O4. The van der Waals surface area contributed by atoms with Crippen LogP contribution in [0, 0.1) is 0 Å². The number of halogens is 2. The Kier molecular flexibility index (Phi) is 7.76. The van der Waals surface area contributed by atoms with Crippen LogP contribution >= 0.6 is 23.2 Å². The molecule has 2 amide bonds. The van der Waals surface area contributed by atoms with Gasteiger partial charge in [-0.25, -0.2) is 0 Å². The largest absolute Gasteiger partial charge is 0.492 e. The van der Waals surface area contributed by atoms with Crippen LogP contribution < -0.4 is 20.1 Å². The SMILES string of the molecule is CCOc1ccccc1NC(=O)c1ccc(OCC(=O)Nc2cccc(Cl)c2Cl)cc1. The summed E-state index contributed by atoms with van der Waals surface area (Å²) in [6, 6.07) is 18.6. The Morgan fingerprint density at radius 2 is 1.55 bits per heavy atom. The van der Waals surface area contributed by atoms with Crippen LogP contribution in [0.2, 0.25) is 10.0 Å². The highest BCUT2D eigenvalue weighted by Gasteiger charge is 2.11. The van der Waals surface area contributed by atoms with Crippen LogP contribution in [-0.4, -0.2) is 25.0 Å². The first kappa shape index (κ1) is 22.5. The molecule has 3 rings (SSSR count).